The molecular weight excluding hydrogens is 285 g/mol. The Morgan fingerprint density at radius 1 is 1.59 bits per heavy atom. The fourth-order valence-electron chi connectivity index (χ4n) is 2.60. The van der Waals surface area contributed by atoms with Crippen LogP contribution in [-0.4, -0.2) is 53.6 Å². The number of β-amino-alcohol motifs (C(OH)–C–C–N with tert-alkyl or cyclic N) is 1. The first-order valence-corrected chi connectivity index (χ1v) is 7.32. The van der Waals surface area contributed by atoms with Crippen LogP contribution in [0.3, 0.4) is 0 Å². The Morgan fingerprint density at radius 2 is 2.36 bits per heavy atom. The van der Waals surface area contributed by atoms with E-state index in [0.29, 0.717) is 17.7 Å². The van der Waals surface area contributed by atoms with Crippen LogP contribution < -0.4 is 0 Å². The number of likely N-dealkylation sites (N-methyl/N-ethyl adjacent to an activating group) is 1. The van der Waals surface area contributed by atoms with Crippen molar-refractivity contribution in [3.05, 3.63) is 35.1 Å². The van der Waals surface area contributed by atoms with E-state index in [2.05, 4.69) is 0 Å². The van der Waals surface area contributed by atoms with Crippen LogP contribution in [0.25, 0.3) is 0 Å². The molecule has 0 radical (unpaired) electrons. The summed E-state index contributed by atoms with van der Waals surface area (Å²) in [4.78, 5) is 15.6. The lowest BCUT2D eigenvalue weighted by molar-refractivity contribution is -0.132. The van der Waals surface area contributed by atoms with E-state index in [1.54, 1.807) is 7.05 Å². The van der Waals surface area contributed by atoms with Crippen molar-refractivity contribution in [2.24, 2.45) is 0 Å². The highest BCUT2D eigenvalue weighted by Crippen LogP contribution is 2.13. The number of aliphatic hydroxyl groups is 1. The summed E-state index contributed by atoms with van der Waals surface area (Å²) in [5.74, 6) is -0.553. The Morgan fingerprint density at radius 3 is 3.05 bits per heavy atom. The second-order valence-electron chi connectivity index (χ2n) is 5.70. The molecule has 5 nitrogen and oxygen atoms in total. The number of hydrogen-bond acceptors (Lipinski definition) is 4. The summed E-state index contributed by atoms with van der Waals surface area (Å²) in [6.07, 6.45) is 1.26. The summed E-state index contributed by atoms with van der Waals surface area (Å²) in [6.45, 7) is 1.62. The van der Waals surface area contributed by atoms with Crippen LogP contribution in [0, 0.1) is 17.1 Å². The molecule has 1 aliphatic rings. The highest BCUT2D eigenvalue weighted by molar-refractivity contribution is 5.78. The molecule has 1 N–H and O–H groups in total. The van der Waals surface area contributed by atoms with Gasteiger partial charge >= 0.3 is 0 Å². The summed E-state index contributed by atoms with van der Waals surface area (Å²) in [5.41, 5.74) is 0.699. The van der Waals surface area contributed by atoms with E-state index < -0.39 is 5.82 Å². The maximum Gasteiger partial charge on any atom is 0.236 e. The first-order valence-electron chi connectivity index (χ1n) is 7.32. The Hall–Kier alpha value is -1.97. The van der Waals surface area contributed by atoms with Gasteiger partial charge in [0.2, 0.25) is 5.91 Å². The molecule has 1 heterocycles. The van der Waals surface area contributed by atoms with Crippen LogP contribution in [0.2, 0.25) is 0 Å². The highest BCUT2D eigenvalue weighted by atomic mass is 19.1. The number of benzene rings is 1. The van der Waals surface area contributed by atoms with Crippen LogP contribution in [0.15, 0.2) is 18.2 Å². The van der Waals surface area contributed by atoms with Crippen molar-refractivity contribution in [1.29, 1.82) is 5.26 Å². The normalized spacial score (nSPS) is 18.7. The van der Waals surface area contributed by atoms with E-state index >= 15 is 0 Å². The molecule has 0 saturated carbocycles. The van der Waals surface area contributed by atoms with Crippen molar-refractivity contribution in [3.8, 4) is 6.07 Å². The number of aliphatic hydroxyl groups excluding tert-OH is 1. The molecule has 0 spiro atoms. The van der Waals surface area contributed by atoms with Crippen LogP contribution in [0.5, 0.6) is 0 Å². The zero-order valence-corrected chi connectivity index (χ0v) is 12.6. The largest absolute Gasteiger partial charge is 0.392 e. The van der Waals surface area contributed by atoms with Gasteiger partial charge in [0.25, 0.3) is 0 Å². The van der Waals surface area contributed by atoms with E-state index in [-0.39, 0.29) is 25.1 Å². The number of carbonyl (C=O) groups is 1. The fraction of sp³-hybridized carbons (Fsp3) is 0.500. The molecular formula is C16H20FN3O2. The smallest absolute Gasteiger partial charge is 0.236 e. The van der Waals surface area contributed by atoms with Crippen molar-refractivity contribution in [2.45, 2.75) is 25.5 Å². The van der Waals surface area contributed by atoms with E-state index in [9.17, 15) is 14.3 Å². The Kier molecular flexibility index (Phi) is 5.47. The third kappa shape index (κ3) is 4.26. The minimum absolute atomic E-state index is 0.122. The van der Waals surface area contributed by atoms with E-state index in [1.807, 2.05) is 11.0 Å². The average molecular weight is 305 g/mol. The second-order valence-corrected chi connectivity index (χ2v) is 5.70. The lowest BCUT2D eigenvalue weighted by atomic mass is 10.1. The molecule has 0 bridgehead atoms. The first-order chi connectivity index (χ1) is 10.5. The molecule has 1 aromatic carbocycles. The quantitative estimate of drug-likeness (QED) is 0.905. The lowest BCUT2D eigenvalue weighted by Crippen LogP contribution is -2.44. The molecule has 1 amide bonds. The molecule has 1 fully saturated rings. The molecule has 6 heteroatoms. The minimum Gasteiger partial charge on any atom is -0.392 e. The molecule has 2 rings (SSSR count). The number of nitriles is 1. The van der Waals surface area contributed by atoms with Gasteiger partial charge in [-0.1, -0.05) is 0 Å². The van der Waals surface area contributed by atoms with E-state index in [1.165, 1.54) is 23.1 Å². The molecule has 1 atom stereocenters. The summed E-state index contributed by atoms with van der Waals surface area (Å²) in [6, 6.07) is 6.08. The van der Waals surface area contributed by atoms with Crippen molar-refractivity contribution in [2.75, 3.05) is 26.7 Å². The average Bonchev–Trinajstić information content (AvgIpc) is 2.49. The Labute approximate surface area is 129 Å². The molecule has 118 valence electrons. The lowest BCUT2D eigenvalue weighted by Gasteiger charge is -2.30. The van der Waals surface area contributed by atoms with Crippen molar-refractivity contribution >= 4 is 5.91 Å². The van der Waals surface area contributed by atoms with Gasteiger partial charge in [-0.2, -0.15) is 5.26 Å². The van der Waals surface area contributed by atoms with Gasteiger partial charge in [0.1, 0.15) is 5.82 Å². The molecule has 1 saturated heterocycles. The molecule has 0 aliphatic carbocycles. The molecule has 0 aromatic heterocycles. The van der Waals surface area contributed by atoms with E-state index in [0.717, 1.165) is 19.4 Å². The van der Waals surface area contributed by atoms with Crippen LogP contribution in [-0.2, 0) is 11.3 Å². The maximum atomic E-state index is 13.7. The van der Waals surface area contributed by atoms with Crippen molar-refractivity contribution in [3.63, 3.8) is 0 Å². The van der Waals surface area contributed by atoms with Gasteiger partial charge in [0.05, 0.1) is 24.3 Å². The fourth-order valence-corrected chi connectivity index (χ4v) is 2.60. The summed E-state index contributed by atoms with van der Waals surface area (Å²) in [7, 11) is 1.61. The Balaban J connectivity index is 1.95. The van der Waals surface area contributed by atoms with Gasteiger partial charge in [-0.15, -0.1) is 0 Å². The molecule has 1 aromatic rings. The zero-order chi connectivity index (χ0) is 16.1. The number of hydrogen-bond donors (Lipinski definition) is 1. The van der Waals surface area contributed by atoms with E-state index in [4.69, 9.17) is 5.26 Å². The van der Waals surface area contributed by atoms with Crippen molar-refractivity contribution in [1.82, 2.24) is 9.80 Å². The van der Waals surface area contributed by atoms with Gasteiger partial charge in [-0.05, 0) is 37.6 Å². The predicted molar refractivity (Wildman–Crippen MR) is 79.3 cm³/mol. The first kappa shape index (κ1) is 16.4. The van der Waals surface area contributed by atoms with Gasteiger partial charge in [-0.25, -0.2) is 4.39 Å². The number of rotatable bonds is 4. The molecule has 22 heavy (non-hydrogen) atoms. The van der Waals surface area contributed by atoms with Gasteiger partial charge < -0.3 is 10.0 Å². The number of carbonyl (C=O) groups excluding carboxylic acids is 1. The molecule has 1 aliphatic heterocycles. The number of nitrogens with zero attached hydrogens (tertiary/aromatic N) is 3. The van der Waals surface area contributed by atoms with Crippen LogP contribution >= 0.6 is 0 Å². The topological polar surface area (TPSA) is 67.6 Å². The number of halogens is 1. The monoisotopic (exact) mass is 305 g/mol. The van der Waals surface area contributed by atoms with Gasteiger partial charge in [-0.3, -0.25) is 9.69 Å². The molecule has 1 unspecified atom stereocenters. The predicted octanol–water partition coefficient (Wildman–Crippen LogP) is 1.11. The number of amides is 1. The van der Waals surface area contributed by atoms with Crippen molar-refractivity contribution < 1.29 is 14.3 Å². The minimum atomic E-state index is -0.424. The summed E-state index contributed by atoms with van der Waals surface area (Å²) >= 11 is 0. The van der Waals surface area contributed by atoms with Gasteiger partial charge in [0.15, 0.2) is 0 Å². The summed E-state index contributed by atoms with van der Waals surface area (Å²) < 4.78 is 13.7. The zero-order valence-electron chi connectivity index (χ0n) is 12.6. The summed E-state index contributed by atoms with van der Waals surface area (Å²) in [5, 5.41) is 18.5. The SMILES string of the molecule is CN(Cc1cc(C#N)ccc1F)C(=O)CN1CCCC(O)C1. The second kappa shape index (κ2) is 7.34. The maximum absolute atomic E-state index is 13.7. The van der Waals surface area contributed by atoms with Gasteiger partial charge in [0, 0.05) is 25.7 Å². The standard InChI is InChI=1S/C16H20FN3O2/c1-19(9-13-7-12(8-18)4-5-15(13)17)16(22)11-20-6-2-3-14(21)10-20/h4-5,7,14,21H,2-3,6,9-11H2,1H3. The number of piperidine rings is 1. The third-order valence-corrected chi connectivity index (χ3v) is 3.85. The van der Waals surface area contributed by atoms with Crippen LogP contribution in [0.1, 0.15) is 24.0 Å². The third-order valence-electron chi connectivity index (χ3n) is 3.85. The van der Waals surface area contributed by atoms with Crippen LogP contribution in [0.4, 0.5) is 4.39 Å². The number of likely N-dealkylation sites (tertiary alicyclic amines) is 1. The highest BCUT2D eigenvalue weighted by Gasteiger charge is 2.21. The Bertz CT molecular complexity index is 585.